The summed E-state index contributed by atoms with van der Waals surface area (Å²) in [5.74, 6) is 0. The van der Waals surface area contributed by atoms with E-state index in [1.54, 1.807) is 0 Å². The molecule has 1 aliphatic rings. The third-order valence-electron chi connectivity index (χ3n) is 2.22. The minimum atomic E-state index is 1.07. The molecule has 7 heteroatoms. The van der Waals surface area contributed by atoms with E-state index in [2.05, 4.69) is 72.7 Å². The van der Waals surface area contributed by atoms with Crippen molar-refractivity contribution in [2.45, 2.75) is 25.7 Å². The van der Waals surface area contributed by atoms with Crippen molar-refractivity contribution in [3.8, 4) is 0 Å². The summed E-state index contributed by atoms with van der Waals surface area (Å²) in [5, 5.41) is 0. The topological polar surface area (TPSA) is 103 Å². The fourth-order valence-corrected chi connectivity index (χ4v) is 1.88. The van der Waals surface area contributed by atoms with Crippen LogP contribution in [0.3, 0.4) is 0 Å². The molecule has 1 heterocycles. The third-order valence-corrected chi connectivity index (χ3v) is 2.83. The predicted octanol–water partition coefficient (Wildman–Crippen LogP) is 2.09. The summed E-state index contributed by atoms with van der Waals surface area (Å²) in [5.41, 5.74) is 0. The number of hydrogen-bond acceptors (Lipinski definition) is 1. The molecule has 0 aromatic heterocycles. The van der Waals surface area contributed by atoms with Gasteiger partial charge in [0, 0.05) is 0 Å². The van der Waals surface area contributed by atoms with Gasteiger partial charge in [0.15, 0.2) is 0 Å². The number of hydrogen-bond donors (Lipinski definition) is 0. The van der Waals surface area contributed by atoms with Gasteiger partial charge in [0.2, 0.25) is 0 Å². The van der Waals surface area contributed by atoms with E-state index in [-0.39, 0.29) is 0 Å². The van der Waals surface area contributed by atoms with Crippen molar-refractivity contribution < 1.29 is 39.1 Å². The standard InChI is InChI=1S/C11H17N.5CO.Cr/c1-2-3-4-5-6-9-12-10-7-8-11-12;5*1-2;/h2,5-6H,1,3-4,7-8,10-11H2;;;;;;/b6-5+;;;;;;. The van der Waals surface area contributed by atoms with Crippen LogP contribution in [0, 0.1) is 33.3 Å². The Morgan fingerprint density at radius 1 is 0.870 bits per heavy atom. The summed E-state index contributed by atoms with van der Waals surface area (Å²) < 4.78 is 38.8. The Labute approximate surface area is 145 Å². The van der Waals surface area contributed by atoms with Gasteiger partial charge in [0.25, 0.3) is 0 Å². The summed E-state index contributed by atoms with van der Waals surface area (Å²) in [6.45, 7) is 28.6. The van der Waals surface area contributed by atoms with Crippen molar-refractivity contribution >= 4 is 4.50 Å². The molecule has 0 aliphatic carbocycles. The van der Waals surface area contributed by atoms with Crippen molar-refractivity contribution in [1.82, 2.24) is 4.90 Å². The van der Waals surface area contributed by atoms with E-state index < -0.39 is 0 Å². The molecule has 0 aromatic rings. The molecule has 0 aromatic carbocycles. The van der Waals surface area contributed by atoms with Crippen LogP contribution in [0.1, 0.15) is 25.7 Å². The van der Waals surface area contributed by atoms with Crippen molar-refractivity contribution in [2.24, 2.45) is 0 Å². The van der Waals surface area contributed by atoms with Crippen LogP contribution in [0.4, 0.5) is 0 Å². The molecule has 23 heavy (non-hydrogen) atoms. The van der Waals surface area contributed by atoms with Gasteiger partial charge in [0.1, 0.15) is 0 Å². The summed E-state index contributed by atoms with van der Waals surface area (Å²) in [6, 6.07) is 0. The van der Waals surface area contributed by atoms with Crippen LogP contribution in [0.2, 0.25) is 0 Å². The Balaban J connectivity index is -0.0000000923. The third kappa shape index (κ3) is 29.2. The van der Waals surface area contributed by atoms with Crippen LogP contribution >= 0.6 is 0 Å². The summed E-state index contributed by atoms with van der Waals surface area (Å²) in [6.07, 6.45) is 11.2. The molecule has 0 spiro atoms. The molecular weight excluding hydrogens is 338 g/mol. The van der Waals surface area contributed by atoms with Gasteiger partial charge in [-0.15, -0.1) is 0 Å². The molecule has 0 saturated carbocycles. The van der Waals surface area contributed by atoms with Crippen molar-refractivity contribution in [3.05, 3.63) is 58.1 Å². The summed E-state index contributed by atoms with van der Waals surface area (Å²) in [7, 11) is 0. The fourth-order valence-electron chi connectivity index (χ4n) is 1.44. The monoisotopic (exact) mass is 355 g/mol. The zero-order chi connectivity index (χ0) is 19.5. The minimum absolute atomic E-state index is 1.07. The number of allylic oxidation sites excluding steroid dienone is 2. The first kappa shape index (κ1) is 33.2. The van der Waals surface area contributed by atoms with Gasteiger partial charge >= 0.3 is 145 Å². The molecular formula is C16H17CrNO5. The van der Waals surface area contributed by atoms with Gasteiger partial charge in [-0.05, 0) is 0 Å². The molecule has 1 fully saturated rings. The van der Waals surface area contributed by atoms with Crippen LogP contribution in [0.25, 0.3) is 0 Å². The number of nitrogens with zero attached hydrogens (tertiary/aromatic N) is 1. The second-order valence-corrected chi connectivity index (χ2v) is 3.95. The Bertz CT molecular complexity index is 353. The van der Waals surface area contributed by atoms with Crippen LogP contribution in [-0.4, -0.2) is 22.5 Å². The van der Waals surface area contributed by atoms with Gasteiger partial charge in [-0.2, -0.15) is 0 Å². The first-order valence-corrected chi connectivity index (χ1v) is 6.57. The van der Waals surface area contributed by atoms with Gasteiger partial charge in [-0.1, -0.05) is 0 Å². The van der Waals surface area contributed by atoms with E-state index in [9.17, 15) is 0 Å². The average Bonchev–Trinajstić information content (AvgIpc) is 3.22. The quantitative estimate of drug-likeness (QED) is 0.320. The van der Waals surface area contributed by atoms with E-state index in [1.807, 2.05) is 6.08 Å². The second kappa shape index (κ2) is 42.8. The Kier molecular flexibility index (Phi) is 61.8. The Morgan fingerprint density at radius 2 is 1.26 bits per heavy atom. The summed E-state index contributed by atoms with van der Waals surface area (Å²) in [4.78, 5) is 2.41. The van der Waals surface area contributed by atoms with Crippen molar-refractivity contribution in [3.63, 3.8) is 0 Å². The van der Waals surface area contributed by atoms with Gasteiger partial charge in [-0.3, -0.25) is 0 Å². The summed E-state index contributed by atoms with van der Waals surface area (Å²) >= 11 is 3.13. The van der Waals surface area contributed by atoms with Gasteiger partial charge in [0.05, 0.1) is 0 Å². The van der Waals surface area contributed by atoms with Crippen molar-refractivity contribution in [2.75, 3.05) is 13.1 Å². The molecule has 6 nitrogen and oxygen atoms in total. The van der Waals surface area contributed by atoms with Gasteiger partial charge in [-0.25, -0.2) is 0 Å². The molecule has 0 N–H and O–H groups in total. The van der Waals surface area contributed by atoms with Crippen LogP contribution in [0.15, 0.2) is 24.8 Å². The van der Waals surface area contributed by atoms with Crippen LogP contribution in [-0.2, 0) is 39.1 Å². The molecule has 1 saturated heterocycles. The maximum atomic E-state index is 7.50. The maximum absolute atomic E-state index is 7.50. The van der Waals surface area contributed by atoms with Gasteiger partial charge < -0.3 is 0 Å². The number of unbranched alkanes of at least 4 members (excludes halogenated alkanes) is 1. The van der Waals surface area contributed by atoms with E-state index in [4.69, 9.17) is 23.3 Å². The molecule has 1 rings (SSSR count). The fraction of sp³-hybridized carbons (Fsp3) is 0.375. The van der Waals surface area contributed by atoms with E-state index in [0.717, 1.165) is 12.8 Å². The number of rotatable bonds is 5. The molecule has 122 valence electrons. The molecule has 0 radical (unpaired) electrons. The SMILES string of the molecule is C=CCC/C=C/[C](=[Cr])N1CCCC1.[C-]#[O+].[C-]#[O+].[C-]#[O+].[C-]#[O+].[C-]#[O+]. The molecule has 0 atom stereocenters. The zero-order valence-electron chi connectivity index (χ0n) is 12.6. The first-order valence-electron chi connectivity index (χ1n) is 5.93. The zero-order valence-corrected chi connectivity index (χ0v) is 13.9. The Morgan fingerprint density at radius 3 is 1.61 bits per heavy atom. The van der Waals surface area contributed by atoms with Crippen molar-refractivity contribution in [1.29, 1.82) is 0 Å². The Hall–Kier alpha value is -1.46. The van der Waals surface area contributed by atoms with E-state index in [0.29, 0.717) is 0 Å². The molecule has 1 aliphatic heterocycles. The average molecular weight is 355 g/mol. The van der Waals surface area contributed by atoms with E-state index in [1.165, 1.54) is 30.4 Å². The van der Waals surface area contributed by atoms with Crippen LogP contribution in [0.5, 0.6) is 0 Å². The second-order valence-electron chi connectivity index (χ2n) is 3.30. The molecule has 0 bridgehead atoms. The van der Waals surface area contributed by atoms with Crippen LogP contribution < -0.4 is 0 Å². The normalized spacial score (nSPS) is 10.7. The molecule has 0 unspecified atom stereocenters. The van der Waals surface area contributed by atoms with E-state index >= 15 is 0 Å². The predicted molar refractivity (Wildman–Crippen MR) is 74.0 cm³/mol. The first-order chi connectivity index (χ1) is 11.3. The number of likely N-dealkylation sites (tertiary alicyclic amines) is 1. The molecule has 0 amide bonds.